The lowest BCUT2D eigenvalue weighted by Crippen LogP contribution is -2.02. The molecule has 5 heteroatoms. The van der Waals surface area contributed by atoms with Gasteiger partial charge in [0.15, 0.2) is 11.5 Å². The molecule has 2 aromatic carbocycles. The fourth-order valence-corrected chi connectivity index (χ4v) is 2.36. The maximum atomic E-state index is 13.6. The highest BCUT2D eigenvalue weighted by Crippen LogP contribution is 2.38. The van der Waals surface area contributed by atoms with Crippen molar-refractivity contribution >= 4 is 11.6 Å². The molecule has 0 saturated heterocycles. The molecule has 0 aliphatic rings. The largest absolute Gasteiger partial charge is 0.493 e. The van der Waals surface area contributed by atoms with Gasteiger partial charge in [0, 0.05) is 0 Å². The van der Waals surface area contributed by atoms with Crippen molar-refractivity contribution in [1.82, 2.24) is 0 Å². The van der Waals surface area contributed by atoms with Gasteiger partial charge in [0.1, 0.15) is 11.9 Å². The standard InChI is InChI=1S/C16H16ClFO3/c1-9-4-5-10(7-13(9)18)15(19)11-6-12(17)16(21-3)14(8-11)20-2/h4-8,15,19H,1-3H3. The maximum absolute atomic E-state index is 13.6. The van der Waals surface area contributed by atoms with Crippen LogP contribution < -0.4 is 9.47 Å². The lowest BCUT2D eigenvalue weighted by molar-refractivity contribution is 0.219. The summed E-state index contributed by atoms with van der Waals surface area (Å²) in [4.78, 5) is 0. The quantitative estimate of drug-likeness (QED) is 0.931. The summed E-state index contributed by atoms with van der Waals surface area (Å²) in [5, 5.41) is 10.7. The van der Waals surface area contributed by atoms with Crippen molar-refractivity contribution in [3.05, 3.63) is 57.9 Å². The molecular formula is C16H16ClFO3. The van der Waals surface area contributed by atoms with Crippen molar-refractivity contribution in [2.24, 2.45) is 0 Å². The Morgan fingerprint density at radius 2 is 1.81 bits per heavy atom. The van der Waals surface area contributed by atoms with Gasteiger partial charge in [0.25, 0.3) is 0 Å². The van der Waals surface area contributed by atoms with Gasteiger partial charge in [-0.2, -0.15) is 0 Å². The molecule has 2 rings (SSSR count). The van der Waals surface area contributed by atoms with Crippen LogP contribution in [0.2, 0.25) is 5.02 Å². The van der Waals surface area contributed by atoms with E-state index in [4.69, 9.17) is 21.1 Å². The first-order chi connectivity index (χ1) is 9.97. The van der Waals surface area contributed by atoms with E-state index < -0.39 is 6.10 Å². The number of rotatable bonds is 4. The van der Waals surface area contributed by atoms with Crippen molar-refractivity contribution in [2.75, 3.05) is 14.2 Å². The van der Waals surface area contributed by atoms with Crippen molar-refractivity contribution in [3.8, 4) is 11.5 Å². The number of methoxy groups -OCH3 is 2. The van der Waals surface area contributed by atoms with Crippen molar-refractivity contribution in [2.45, 2.75) is 13.0 Å². The third-order valence-electron chi connectivity index (χ3n) is 3.28. The van der Waals surface area contributed by atoms with E-state index in [1.165, 1.54) is 20.3 Å². The highest BCUT2D eigenvalue weighted by molar-refractivity contribution is 6.32. The van der Waals surface area contributed by atoms with E-state index in [0.717, 1.165) is 0 Å². The van der Waals surface area contributed by atoms with Crippen LogP contribution in [0.1, 0.15) is 22.8 Å². The van der Waals surface area contributed by atoms with Gasteiger partial charge >= 0.3 is 0 Å². The van der Waals surface area contributed by atoms with Gasteiger partial charge in [-0.15, -0.1) is 0 Å². The molecule has 0 radical (unpaired) electrons. The first-order valence-corrected chi connectivity index (χ1v) is 6.71. The zero-order valence-electron chi connectivity index (χ0n) is 12.0. The summed E-state index contributed by atoms with van der Waals surface area (Å²) in [6.07, 6.45) is -1.00. The van der Waals surface area contributed by atoms with E-state index in [9.17, 15) is 9.50 Å². The molecule has 2 aromatic rings. The van der Waals surface area contributed by atoms with Gasteiger partial charge in [-0.3, -0.25) is 0 Å². The fourth-order valence-electron chi connectivity index (χ4n) is 2.07. The van der Waals surface area contributed by atoms with Crippen LogP contribution in [-0.2, 0) is 0 Å². The Bertz CT molecular complexity index is 658. The number of aliphatic hydroxyl groups is 1. The highest BCUT2D eigenvalue weighted by atomic mass is 35.5. The van der Waals surface area contributed by atoms with Gasteiger partial charge < -0.3 is 14.6 Å². The van der Waals surface area contributed by atoms with Crippen LogP contribution in [0.5, 0.6) is 11.5 Å². The third kappa shape index (κ3) is 3.12. The Kier molecular flexibility index (Phi) is 4.70. The van der Waals surface area contributed by atoms with Crippen LogP contribution >= 0.6 is 11.6 Å². The van der Waals surface area contributed by atoms with E-state index in [0.29, 0.717) is 33.2 Å². The Labute approximate surface area is 127 Å². The molecule has 1 atom stereocenters. The fraction of sp³-hybridized carbons (Fsp3) is 0.250. The van der Waals surface area contributed by atoms with Gasteiger partial charge in [-0.25, -0.2) is 4.39 Å². The first kappa shape index (κ1) is 15.6. The summed E-state index contributed by atoms with van der Waals surface area (Å²) in [6.45, 7) is 1.67. The summed E-state index contributed by atoms with van der Waals surface area (Å²) in [6, 6.07) is 7.80. The molecule has 0 aliphatic heterocycles. The molecule has 0 bridgehead atoms. The van der Waals surface area contributed by atoms with Crippen molar-refractivity contribution < 1.29 is 19.0 Å². The van der Waals surface area contributed by atoms with E-state index in [1.807, 2.05) is 0 Å². The van der Waals surface area contributed by atoms with Crippen LogP contribution in [0.4, 0.5) is 4.39 Å². The predicted octanol–water partition coefficient (Wildman–Crippen LogP) is 3.89. The van der Waals surface area contributed by atoms with Crippen LogP contribution in [-0.4, -0.2) is 19.3 Å². The lowest BCUT2D eigenvalue weighted by Gasteiger charge is -2.16. The summed E-state index contributed by atoms with van der Waals surface area (Å²) in [7, 11) is 2.96. The molecule has 0 aliphatic carbocycles. The number of halogens is 2. The molecule has 0 aromatic heterocycles. The molecule has 0 fully saturated rings. The Morgan fingerprint density at radius 3 is 2.38 bits per heavy atom. The second-order valence-electron chi connectivity index (χ2n) is 4.65. The average Bonchev–Trinajstić information content (AvgIpc) is 2.48. The number of ether oxygens (including phenoxy) is 2. The normalized spacial score (nSPS) is 12.1. The minimum absolute atomic E-state index is 0.318. The van der Waals surface area contributed by atoms with E-state index >= 15 is 0 Å². The van der Waals surface area contributed by atoms with Crippen LogP contribution in [0.25, 0.3) is 0 Å². The van der Waals surface area contributed by atoms with E-state index in [-0.39, 0.29) is 5.82 Å². The van der Waals surface area contributed by atoms with Crippen LogP contribution in [0.3, 0.4) is 0 Å². The smallest absolute Gasteiger partial charge is 0.179 e. The predicted molar refractivity (Wildman–Crippen MR) is 79.8 cm³/mol. The van der Waals surface area contributed by atoms with Crippen molar-refractivity contribution in [1.29, 1.82) is 0 Å². The number of benzene rings is 2. The topological polar surface area (TPSA) is 38.7 Å². The average molecular weight is 311 g/mol. The molecule has 1 N–H and O–H groups in total. The number of hydrogen-bond donors (Lipinski definition) is 1. The number of aryl methyl sites for hydroxylation is 1. The summed E-state index contributed by atoms with van der Waals surface area (Å²) >= 11 is 6.11. The molecule has 21 heavy (non-hydrogen) atoms. The maximum Gasteiger partial charge on any atom is 0.179 e. The molecule has 0 spiro atoms. The lowest BCUT2D eigenvalue weighted by atomic mass is 10.00. The van der Waals surface area contributed by atoms with Gasteiger partial charge in [-0.05, 0) is 41.8 Å². The van der Waals surface area contributed by atoms with Crippen LogP contribution in [0.15, 0.2) is 30.3 Å². The Balaban J connectivity index is 2.45. The first-order valence-electron chi connectivity index (χ1n) is 6.33. The summed E-state index contributed by atoms with van der Waals surface area (Å²) < 4.78 is 24.0. The number of aliphatic hydroxyl groups excluding tert-OH is 1. The minimum atomic E-state index is -1.00. The third-order valence-corrected chi connectivity index (χ3v) is 3.56. The van der Waals surface area contributed by atoms with E-state index in [2.05, 4.69) is 0 Å². The second kappa shape index (κ2) is 6.33. The molecule has 0 saturated carbocycles. The molecular weight excluding hydrogens is 295 g/mol. The molecule has 112 valence electrons. The highest BCUT2D eigenvalue weighted by Gasteiger charge is 2.17. The van der Waals surface area contributed by atoms with E-state index in [1.54, 1.807) is 31.2 Å². The SMILES string of the molecule is COc1cc(C(O)c2ccc(C)c(F)c2)cc(Cl)c1OC. The summed E-state index contributed by atoms with van der Waals surface area (Å²) in [5.74, 6) is 0.440. The Hall–Kier alpha value is -1.78. The number of hydrogen-bond acceptors (Lipinski definition) is 3. The molecule has 0 amide bonds. The zero-order valence-corrected chi connectivity index (χ0v) is 12.7. The Morgan fingerprint density at radius 1 is 1.10 bits per heavy atom. The van der Waals surface area contributed by atoms with Gasteiger partial charge in [-0.1, -0.05) is 23.7 Å². The minimum Gasteiger partial charge on any atom is -0.493 e. The van der Waals surface area contributed by atoms with Gasteiger partial charge in [0.05, 0.1) is 19.2 Å². The zero-order chi connectivity index (χ0) is 15.6. The van der Waals surface area contributed by atoms with Crippen molar-refractivity contribution in [3.63, 3.8) is 0 Å². The molecule has 1 unspecified atom stereocenters. The molecule has 3 nitrogen and oxygen atoms in total. The summed E-state index contributed by atoms with van der Waals surface area (Å²) in [5.41, 5.74) is 1.47. The molecule has 0 heterocycles. The van der Waals surface area contributed by atoms with Gasteiger partial charge in [0.2, 0.25) is 0 Å². The van der Waals surface area contributed by atoms with Crippen LogP contribution in [0, 0.1) is 12.7 Å². The monoisotopic (exact) mass is 310 g/mol. The second-order valence-corrected chi connectivity index (χ2v) is 5.06.